The number of aryl methyl sites for hydroxylation is 1. The fourth-order valence-corrected chi connectivity index (χ4v) is 13.0. The minimum Gasteiger partial charge on any atom is -0.496 e. The summed E-state index contributed by atoms with van der Waals surface area (Å²) in [5, 5.41) is 0.976. The molecular formula is C42H49BrN2O7SSi. The molecule has 0 unspecified atom stereocenters. The lowest BCUT2D eigenvalue weighted by molar-refractivity contribution is -0.127. The van der Waals surface area contributed by atoms with Gasteiger partial charge in [0.05, 0.1) is 29.4 Å². The first-order chi connectivity index (χ1) is 25.7. The van der Waals surface area contributed by atoms with Crippen molar-refractivity contribution in [1.29, 1.82) is 0 Å². The summed E-state index contributed by atoms with van der Waals surface area (Å²) in [6.07, 6.45) is 1.07. The van der Waals surface area contributed by atoms with E-state index in [1.54, 1.807) is 25.5 Å². The Hall–Kier alpha value is -3.65. The molecule has 0 saturated carbocycles. The number of ether oxygens (including phenoxy) is 3. The highest BCUT2D eigenvalue weighted by Crippen LogP contribution is 2.41. The van der Waals surface area contributed by atoms with Gasteiger partial charge in [-0.3, -0.25) is 14.2 Å². The predicted molar refractivity (Wildman–Crippen MR) is 221 cm³/mol. The van der Waals surface area contributed by atoms with Crippen molar-refractivity contribution >= 4 is 62.0 Å². The first kappa shape index (κ1) is 40.0. The molecule has 6 rings (SSSR count). The summed E-state index contributed by atoms with van der Waals surface area (Å²) in [5.74, 6) is 0.592. The van der Waals surface area contributed by atoms with E-state index in [0.29, 0.717) is 47.3 Å². The van der Waals surface area contributed by atoms with E-state index in [2.05, 4.69) is 15.9 Å². The molecule has 1 fully saturated rings. The molecule has 0 spiro atoms. The van der Waals surface area contributed by atoms with Crippen molar-refractivity contribution < 1.29 is 23.8 Å². The Morgan fingerprint density at radius 2 is 1.54 bits per heavy atom. The van der Waals surface area contributed by atoms with Crippen LogP contribution in [0.4, 0.5) is 0 Å². The summed E-state index contributed by atoms with van der Waals surface area (Å²) in [4.78, 5) is 57.6. The molecule has 1 atom stereocenters. The van der Waals surface area contributed by atoms with E-state index < -0.39 is 36.2 Å². The number of carbonyl (C=O) groups is 1. The van der Waals surface area contributed by atoms with Crippen LogP contribution in [0, 0.1) is 12.8 Å². The number of para-hydroxylation sites is 1. The number of halogens is 1. The molecule has 54 heavy (non-hydrogen) atoms. The monoisotopic (exact) mass is 832 g/mol. The van der Waals surface area contributed by atoms with Crippen LogP contribution in [0.15, 0.2) is 98.3 Å². The van der Waals surface area contributed by atoms with Crippen LogP contribution in [-0.4, -0.2) is 55.0 Å². The quantitative estimate of drug-likeness (QED) is 0.124. The number of hydrogen-bond donors (Lipinski definition) is 1. The van der Waals surface area contributed by atoms with Gasteiger partial charge in [-0.1, -0.05) is 92.7 Å². The van der Waals surface area contributed by atoms with Gasteiger partial charge in [-0.25, -0.2) is 9.36 Å². The van der Waals surface area contributed by atoms with Crippen molar-refractivity contribution in [2.75, 3.05) is 26.9 Å². The molecule has 0 aliphatic carbocycles. The molecule has 3 aromatic carbocycles. The van der Waals surface area contributed by atoms with Crippen LogP contribution in [0.5, 0.6) is 5.75 Å². The number of nitrogens with zero attached hydrogens (tertiary/aromatic N) is 2. The first-order valence-electron chi connectivity index (χ1n) is 18.4. The molecule has 1 aliphatic rings. The fraction of sp³-hybridized carbons (Fsp3) is 0.405. The number of carbonyl (C=O) groups excluding carboxylic acids is 1. The zero-order chi connectivity index (χ0) is 38.8. The second kappa shape index (κ2) is 16.2. The van der Waals surface area contributed by atoms with Crippen molar-refractivity contribution in [2.45, 2.75) is 77.1 Å². The Bertz CT molecular complexity index is 2190. The standard InChI is InChI=1S/C42H49BrN2O7SSi/c1-28-36-38(47)45(42(4,5)35(46)25-41(2,3)54(49,30-15-9-7-10-16-30)31-17-11-8-12-18-31)40(48)44(39(36)53-37(28)43)26-34(32-19-13-14-20-33(32)50-6)52-27-29-21-23-51-24-22-29/h7-20,29,34,49H,21-27H2,1-6H3/t34-/m0/s1. The molecule has 0 radical (unpaired) electrons. The van der Waals surface area contributed by atoms with Gasteiger partial charge in [0.1, 0.15) is 22.2 Å². The molecule has 12 heteroatoms. The van der Waals surface area contributed by atoms with Gasteiger partial charge in [-0.15, -0.1) is 11.3 Å². The Kier molecular flexibility index (Phi) is 12.0. The zero-order valence-electron chi connectivity index (χ0n) is 31.8. The molecule has 3 heterocycles. The number of rotatable bonds is 14. The van der Waals surface area contributed by atoms with Crippen molar-refractivity contribution in [3.8, 4) is 5.75 Å². The number of methoxy groups -OCH3 is 1. The smallest absolute Gasteiger partial charge is 0.333 e. The Balaban J connectivity index is 1.45. The van der Waals surface area contributed by atoms with E-state index >= 15 is 0 Å². The van der Waals surface area contributed by atoms with Crippen molar-refractivity contribution in [3.63, 3.8) is 0 Å². The second-order valence-electron chi connectivity index (χ2n) is 15.3. The van der Waals surface area contributed by atoms with E-state index in [4.69, 9.17) is 14.2 Å². The molecule has 1 aliphatic heterocycles. The van der Waals surface area contributed by atoms with E-state index in [0.717, 1.165) is 37.1 Å². The SMILES string of the molecule is COc1ccccc1[C@H](Cn1c(=O)n(C(C)(C)C(=O)CC(C)(C)[Si](O)(c2ccccc2)c2ccccc2)c(=O)c2c(C)c(Br)sc21)OCC1CCOCC1. The van der Waals surface area contributed by atoms with Crippen LogP contribution < -0.4 is 26.4 Å². The number of ketones is 1. The van der Waals surface area contributed by atoms with Gasteiger partial charge in [0, 0.05) is 25.2 Å². The van der Waals surface area contributed by atoms with E-state index in [1.165, 1.54) is 11.3 Å². The van der Waals surface area contributed by atoms with Gasteiger partial charge in [-0.05, 0) is 82.5 Å². The van der Waals surface area contributed by atoms with Gasteiger partial charge < -0.3 is 19.0 Å². The van der Waals surface area contributed by atoms with Crippen LogP contribution in [0.1, 0.15) is 64.2 Å². The highest BCUT2D eigenvalue weighted by molar-refractivity contribution is 9.11. The maximum atomic E-state index is 14.9. The Labute approximate surface area is 329 Å². The number of fused-ring (bicyclic) bond motifs is 1. The lowest BCUT2D eigenvalue weighted by Crippen LogP contribution is -2.66. The molecule has 9 nitrogen and oxygen atoms in total. The Morgan fingerprint density at radius 3 is 2.13 bits per heavy atom. The minimum atomic E-state index is -3.58. The van der Waals surface area contributed by atoms with E-state index in [1.807, 2.05) is 106 Å². The molecule has 0 amide bonds. The number of aromatic nitrogens is 2. The minimum absolute atomic E-state index is 0.0794. The van der Waals surface area contributed by atoms with Crippen LogP contribution in [-0.2, 0) is 26.4 Å². The third kappa shape index (κ3) is 7.48. The second-order valence-corrected chi connectivity index (χ2v) is 21.6. The van der Waals surface area contributed by atoms with Crippen LogP contribution >= 0.6 is 27.3 Å². The lowest BCUT2D eigenvalue weighted by atomic mass is 9.91. The highest BCUT2D eigenvalue weighted by atomic mass is 79.9. The van der Waals surface area contributed by atoms with Crippen molar-refractivity contribution in [1.82, 2.24) is 9.13 Å². The average Bonchev–Trinajstić information content (AvgIpc) is 3.48. The lowest BCUT2D eigenvalue weighted by Gasteiger charge is -2.42. The average molecular weight is 834 g/mol. The molecule has 1 saturated heterocycles. The van der Waals surface area contributed by atoms with Crippen LogP contribution in [0.3, 0.4) is 0 Å². The number of Topliss-reactive ketones (excluding diaryl/α,β-unsaturated/α-hetero) is 1. The maximum Gasteiger partial charge on any atom is 0.333 e. The zero-order valence-corrected chi connectivity index (χ0v) is 35.2. The van der Waals surface area contributed by atoms with Crippen molar-refractivity contribution in [2.24, 2.45) is 5.92 Å². The number of benzene rings is 3. The molecule has 1 N–H and O–H groups in total. The molecule has 2 aromatic heterocycles. The highest BCUT2D eigenvalue weighted by Gasteiger charge is 2.52. The van der Waals surface area contributed by atoms with Gasteiger partial charge in [0.25, 0.3) is 13.9 Å². The number of hydrogen-bond acceptors (Lipinski definition) is 8. The summed E-state index contributed by atoms with van der Waals surface area (Å²) in [6.45, 7) is 10.8. The van der Waals surface area contributed by atoms with Gasteiger partial charge in [-0.2, -0.15) is 0 Å². The van der Waals surface area contributed by atoms with Gasteiger partial charge in [0.2, 0.25) is 0 Å². The van der Waals surface area contributed by atoms with Gasteiger partial charge >= 0.3 is 5.69 Å². The van der Waals surface area contributed by atoms with Crippen LogP contribution in [0.25, 0.3) is 10.2 Å². The van der Waals surface area contributed by atoms with E-state index in [-0.39, 0.29) is 18.7 Å². The third-order valence-electron chi connectivity index (χ3n) is 11.1. The van der Waals surface area contributed by atoms with Crippen molar-refractivity contribution in [3.05, 3.63) is 121 Å². The Morgan fingerprint density at radius 1 is 0.963 bits per heavy atom. The summed E-state index contributed by atoms with van der Waals surface area (Å²) in [5.41, 5.74) is -1.24. The third-order valence-corrected chi connectivity index (χ3v) is 17.7. The normalized spacial score (nSPS) is 15.0. The topological polar surface area (TPSA) is 109 Å². The molecular weight excluding hydrogens is 785 g/mol. The van der Waals surface area contributed by atoms with Crippen LogP contribution in [0.2, 0.25) is 5.04 Å². The van der Waals surface area contributed by atoms with Gasteiger partial charge in [0.15, 0.2) is 5.78 Å². The molecule has 5 aromatic rings. The summed E-state index contributed by atoms with van der Waals surface area (Å²) in [7, 11) is -1.98. The molecule has 286 valence electrons. The number of thiophene rings is 1. The largest absolute Gasteiger partial charge is 0.496 e. The fourth-order valence-electron chi connectivity index (χ4n) is 7.65. The summed E-state index contributed by atoms with van der Waals surface area (Å²) >= 11 is 4.94. The van der Waals surface area contributed by atoms with E-state index in [9.17, 15) is 19.2 Å². The summed E-state index contributed by atoms with van der Waals surface area (Å²) in [6, 6.07) is 26.6. The summed E-state index contributed by atoms with van der Waals surface area (Å²) < 4.78 is 21.4. The predicted octanol–water partition coefficient (Wildman–Crippen LogP) is 6.72. The molecule has 0 bridgehead atoms. The maximum absolute atomic E-state index is 14.9. The first-order valence-corrected chi connectivity index (χ1v) is 21.9.